The predicted molar refractivity (Wildman–Crippen MR) is 204 cm³/mol. The molecule has 0 atom stereocenters. The van der Waals surface area contributed by atoms with Gasteiger partial charge in [-0.05, 0) is 59.5 Å². The monoisotopic (exact) mass is 848 g/mol. The zero-order chi connectivity index (χ0) is 34.9. The number of rotatable bonds is 6. The van der Waals surface area contributed by atoms with Gasteiger partial charge in [0.2, 0.25) is 5.89 Å². The summed E-state index contributed by atoms with van der Waals surface area (Å²) in [5.41, 5.74) is 13.1. The number of pyridine rings is 2. The van der Waals surface area contributed by atoms with Gasteiger partial charge in [-0.3, -0.25) is 0 Å². The molecule has 5 nitrogen and oxygen atoms in total. The van der Waals surface area contributed by atoms with E-state index in [0.29, 0.717) is 29.2 Å². The average molecular weight is 848 g/mol. The Morgan fingerprint density at radius 2 is 1.33 bits per heavy atom. The fraction of sp³-hybridized carbons (Fsp3) is 0.222. The Morgan fingerprint density at radius 1 is 0.647 bits per heavy atom. The van der Waals surface area contributed by atoms with Crippen molar-refractivity contribution < 1.29 is 28.9 Å². The SMILES string of the molecule is CC(C)c1ccnc(-c2[c-]ccc3c2oc2cc4oc(-c5ccccc5)nc4cc23)c1.Cc1c[c-]c(-c2cc(C(C)C)ccn2)cc1C(C)C.[Ir]. The molecule has 0 bridgehead atoms. The van der Waals surface area contributed by atoms with Crippen molar-refractivity contribution in [2.24, 2.45) is 0 Å². The summed E-state index contributed by atoms with van der Waals surface area (Å²) >= 11 is 0. The minimum Gasteiger partial charge on any atom is -0.500 e. The molecular weight excluding hydrogens is 807 g/mol. The third-order valence-corrected chi connectivity index (χ3v) is 9.22. The smallest absolute Gasteiger partial charge is 0.227 e. The molecule has 8 rings (SSSR count). The van der Waals surface area contributed by atoms with Crippen molar-refractivity contribution in [2.75, 3.05) is 0 Å². The van der Waals surface area contributed by atoms with Crippen LogP contribution in [-0.2, 0) is 20.1 Å². The average Bonchev–Trinajstić information content (AvgIpc) is 3.72. The first kappa shape index (κ1) is 35.9. The zero-order valence-electron chi connectivity index (χ0n) is 30.0. The zero-order valence-corrected chi connectivity index (χ0v) is 32.4. The Morgan fingerprint density at radius 3 is 2.02 bits per heavy atom. The van der Waals surface area contributed by atoms with E-state index in [1.807, 2.05) is 67.0 Å². The second kappa shape index (κ2) is 15.1. The largest absolute Gasteiger partial charge is 0.500 e. The minimum absolute atomic E-state index is 0. The van der Waals surface area contributed by atoms with Crippen LogP contribution in [0, 0.1) is 19.1 Å². The standard InChI is InChI=1S/C27H19N2O2.C18H22N.Ir/c1-16(2)18-11-12-28-22(13-18)20-10-6-9-19-21-14-23-25(15-24(21)30-26(19)20)31-27(29-23)17-7-4-3-5-8-17;1-12(2)15-8-9-19-18(11-15)16-7-6-14(5)17(10-16)13(3)4;/h3-9,11-16H,1-2H3;6,8-13H,1-5H3;/q2*-1;. The number of nitrogens with zero attached hydrogens (tertiary/aromatic N) is 3. The van der Waals surface area contributed by atoms with Crippen LogP contribution in [0.4, 0.5) is 0 Å². The molecule has 8 aromatic rings. The van der Waals surface area contributed by atoms with Gasteiger partial charge >= 0.3 is 0 Å². The normalized spacial score (nSPS) is 11.4. The summed E-state index contributed by atoms with van der Waals surface area (Å²) in [5, 5.41) is 2.03. The first-order valence-corrected chi connectivity index (χ1v) is 17.3. The van der Waals surface area contributed by atoms with Crippen LogP contribution in [0.25, 0.3) is 67.0 Å². The van der Waals surface area contributed by atoms with Crippen LogP contribution in [0.15, 0.2) is 112 Å². The van der Waals surface area contributed by atoms with Crippen molar-refractivity contribution in [3.8, 4) is 34.0 Å². The van der Waals surface area contributed by atoms with Crippen LogP contribution in [0.5, 0.6) is 0 Å². The molecule has 4 aromatic heterocycles. The van der Waals surface area contributed by atoms with E-state index >= 15 is 0 Å². The number of hydrogen-bond donors (Lipinski definition) is 0. The summed E-state index contributed by atoms with van der Waals surface area (Å²) in [6.45, 7) is 15.4. The third kappa shape index (κ3) is 7.44. The maximum atomic E-state index is 6.30. The molecule has 0 saturated carbocycles. The molecule has 0 aliphatic heterocycles. The van der Waals surface area contributed by atoms with E-state index in [2.05, 4.69) is 107 Å². The summed E-state index contributed by atoms with van der Waals surface area (Å²) in [7, 11) is 0. The van der Waals surface area contributed by atoms with Gasteiger partial charge in [0, 0.05) is 49.5 Å². The summed E-state index contributed by atoms with van der Waals surface area (Å²) in [6.07, 6.45) is 3.75. The molecule has 4 heterocycles. The summed E-state index contributed by atoms with van der Waals surface area (Å²) in [5.74, 6) is 2.09. The maximum absolute atomic E-state index is 6.30. The Kier molecular flexibility index (Phi) is 10.7. The Balaban J connectivity index is 0.000000194. The summed E-state index contributed by atoms with van der Waals surface area (Å²) in [4.78, 5) is 13.8. The van der Waals surface area contributed by atoms with Gasteiger partial charge < -0.3 is 18.8 Å². The van der Waals surface area contributed by atoms with Gasteiger partial charge in [-0.15, -0.1) is 53.1 Å². The molecule has 51 heavy (non-hydrogen) atoms. The van der Waals surface area contributed by atoms with Gasteiger partial charge in [0.05, 0.1) is 5.58 Å². The van der Waals surface area contributed by atoms with Crippen molar-refractivity contribution in [2.45, 2.75) is 66.2 Å². The molecule has 0 fully saturated rings. The number of hydrogen-bond acceptors (Lipinski definition) is 5. The first-order chi connectivity index (χ1) is 24.2. The fourth-order valence-electron chi connectivity index (χ4n) is 6.30. The quantitative estimate of drug-likeness (QED) is 0.156. The number of fused-ring (bicyclic) bond motifs is 4. The molecular formula is C45H41IrN3O2-2. The molecule has 0 aliphatic rings. The summed E-state index contributed by atoms with van der Waals surface area (Å²) < 4.78 is 12.3. The first-order valence-electron chi connectivity index (χ1n) is 17.3. The molecule has 0 amide bonds. The van der Waals surface area contributed by atoms with E-state index in [9.17, 15) is 0 Å². The molecule has 4 aromatic carbocycles. The Bertz CT molecular complexity index is 2440. The van der Waals surface area contributed by atoms with E-state index in [4.69, 9.17) is 13.8 Å². The van der Waals surface area contributed by atoms with Crippen LogP contribution >= 0.6 is 0 Å². The molecule has 1 radical (unpaired) electrons. The van der Waals surface area contributed by atoms with E-state index < -0.39 is 0 Å². The molecule has 0 spiro atoms. The number of benzene rings is 4. The molecule has 0 saturated heterocycles. The molecule has 0 unspecified atom stereocenters. The third-order valence-electron chi connectivity index (χ3n) is 9.22. The van der Waals surface area contributed by atoms with E-state index in [1.165, 1.54) is 22.3 Å². The predicted octanol–water partition coefficient (Wildman–Crippen LogP) is 12.5. The van der Waals surface area contributed by atoms with Crippen molar-refractivity contribution >= 4 is 33.0 Å². The number of aryl methyl sites for hydroxylation is 1. The second-order valence-corrected chi connectivity index (χ2v) is 13.8. The van der Waals surface area contributed by atoms with Crippen molar-refractivity contribution in [3.63, 3.8) is 0 Å². The maximum Gasteiger partial charge on any atom is 0.227 e. The van der Waals surface area contributed by atoms with E-state index in [0.717, 1.165) is 55.5 Å². The molecule has 6 heteroatoms. The van der Waals surface area contributed by atoms with Crippen molar-refractivity contribution in [3.05, 3.63) is 138 Å². The number of furan rings is 1. The second-order valence-electron chi connectivity index (χ2n) is 13.8. The van der Waals surface area contributed by atoms with Crippen molar-refractivity contribution in [1.29, 1.82) is 0 Å². The number of oxazole rings is 1. The Labute approximate surface area is 313 Å². The van der Waals surface area contributed by atoms with Crippen LogP contribution in [0.3, 0.4) is 0 Å². The Hall–Kier alpha value is -4.90. The van der Waals surface area contributed by atoms with E-state index in [1.54, 1.807) is 0 Å². The van der Waals surface area contributed by atoms with Gasteiger partial charge in [0.25, 0.3) is 0 Å². The van der Waals surface area contributed by atoms with Crippen LogP contribution < -0.4 is 0 Å². The van der Waals surface area contributed by atoms with Gasteiger partial charge in [-0.25, -0.2) is 4.98 Å². The van der Waals surface area contributed by atoms with Gasteiger partial charge in [-0.2, -0.15) is 0 Å². The topological polar surface area (TPSA) is 65.0 Å². The van der Waals surface area contributed by atoms with Crippen LogP contribution in [0.1, 0.15) is 81.5 Å². The summed E-state index contributed by atoms with van der Waals surface area (Å²) in [6, 6.07) is 37.2. The molecule has 0 aliphatic carbocycles. The van der Waals surface area contributed by atoms with Gasteiger partial charge in [0.15, 0.2) is 5.58 Å². The van der Waals surface area contributed by atoms with Gasteiger partial charge in [0.1, 0.15) is 11.1 Å². The molecule has 0 N–H and O–H groups in total. The van der Waals surface area contributed by atoms with Gasteiger partial charge in [-0.1, -0.05) is 101 Å². The van der Waals surface area contributed by atoms with Crippen molar-refractivity contribution in [1.82, 2.24) is 15.0 Å². The molecule has 259 valence electrons. The fourth-order valence-corrected chi connectivity index (χ4v) is 6.30. The van der Waals surface area contributed by atoms with Crippen LogP contribution in [-0.4, -0.2) is 15.0 Å². The van der Waals surface area contributed by atoms with Crippen LogP contribution in [0.2, 0.25) is 0 Å². The van der Waals surface area contributed by atoms with E-state index in [-0.39, 0.29) is 20.1 Å². The minimum atomic E-state index is 0. The number of aromatic nitrogens is 3.